The van der Waals surface area contributed by atoms with Crippen LogP contribution >= 0.6 is 15.9 Å². The van der Waals surface area contributed by atoms with Crippen LogP contribution in [0.25, 0.3) is 0 Å². The third kappa shape index (κ3) is 5.57. The van der Waals surface area contributed by atoms with E-state index >= 15 is 0 Å². The van der Waals surface area contributed by atoms with E-state index in [9.17, 15) is 0 Å². The van der Waals surface area contributed by atoms with Crippen LogP contribution in [0.5, 0.6) is 0 Å². The number of hydrogen-bond donors (Lipinski definition) is 1. The number of nitrogens with one attached hydrogen (secondary N) is 1. The van der Waals surface area contributed by atoms with Gasteiger partial charge in [0.05, 0.1) is 0 Å². The van der Waals surface area contributed by atoms with Crippen molar-refractivity contribution < 1.29 is 0 Å². The van der Waals surface area contributed by atoms with Crippen molar-refractivity contribution >= 4 is 15.9 Å². The summed E-state index contributed by atoms with van der Waals surface area (Å²) in [6.45, 7) is 13.0. The summed E-state index contributed by atoms with van der Waals surface area (Å²) in [6.07, 6.45) is 3.55. The number of rotatable bonds is 4. The summed E-state index contributed by atoms with van der Waals surface area (Å²) >= 11 is 3.74. The van der Waals surface area contributed by atoms with Gasteiger partial charge in [0.1, 0.15) is 0 Å². The van der Waals surface area contributed by atoms with Crippen molar-refractivity contribution in [2.75, 3.05) is 13.1 Å². The fourth-order valence-corrected chi connectivity index (χ4v) is 2.95. The van der Waals surface area contributed by atoms with Crippen LogP contribution in [-0.4, -0.2) is 23.5 Å². The molecule has 0 atom stereocenters. The molecule has 2 nitrogen and oxygen atoms in total. The molecule has 1 aromatic rings. The molecular formula is C18H27BrN2. The van der Waals surface area contributed by atoms with E-state index in [0.29, 0.717) is 0 Å². The second kappa shape index (κ2) is 7.08. The predicted octanol–water partition coefficient (Wildman–Crippen LogP) is 4.49. The molecular weight excluding hydrogens is 324 g/mol. The van der Waals surface area contributed by atoms with Gasteiger partial charge in [-0.15, -0.1) is 0 Å². The van der Waals surface area contributed by atoms with E-state index in [1.165, 1.54) is 34.1 Å². The van der Waals surface area contributed by atoms with Gasteiger partial charge in [0, 0.05) is 36.2 Å². The maximum atomic E-state index is 3.74. The Labute approximate surface area is 137 Å². The first-order valence-corrected chi connectivity index (χ1v) is 8.53. The average molecular weight is 351 g/mol. The van der Waals surface area contributed by atoms with E-state index in [2.05, 4.69) is 78.1 Å². The Morgan fingerprint density at radius 3 is 2.62 bits per heavy atom. The molecule has 0 saturated carbocycles. The van der Waals surface area contributed by atoms with E-state index in [1.54, 1.807) is 0 Å². The Morgan fingerprint density at radius 1 is 1.29 bits per heavy atom. The molecule has 1 N–H and O–H groups in total. The van der Waals surface area contributed by atoms with Gasteiger partial charge in [0.15, 0.2) is 0 Å². The van der Waals surface area contributed by atoms with Crippen molar-refractivity contribution in [2.45, 2.75) is 52.7 Å². The molecule has 116 valence electrons. The largest absolute Gasteiger partial charge is 0.308 e. The van der Waals surface area contributed by atoms with Gasteiger partial charge < -0.3 is 5.32 Å². The first kappa shape index (κ1) is 16.7. The van der Waals surface area contributed by atoms with Crippen LogP contribution in [0.4, 0.5) is 0 Å². The van der Waals surface area contributed by atoms with Gasteiger partial charge in [-0.05, 0) is 51.3 Å². The summed E-state index contributed by atoms with van der Waals surface area (Å²) < 4.78 is 1.22. The zero-order valence-corrected chi connectivity index (χ0v) is 15.3. The van der Waals surface area contributed by atoms with Crippen molar-refractivity contribution in [3.05, 3.63) is 45.4 Å². The number of halogens is 1. The molecule has 1 aliphatic rings. The van der Waals surface area contributed by atoms with Crippen LogP contribution < -0.4 is 5.32 Å². The monoisotopic (exact) mass is 350 g/mol. The van der Waals surface area contributed by atoms with Gasteiger partial charge in [-0.25, -0.2) is 0 Å². The van der Waals surface area contributed by atoms with E-state index < -0.39 is 0 Å². The summed E-state index contributed by atoms with van der Waals surface area (Å²) in [5.74, 6) is 0. The highest BCUT2D eigenvalue weighted by atomic mass is 79.9. The first-order chi connectivity index (χ1) is 9.83. The second-order valence-corrected chi connectivity index (χ2v) is 7.92. The van der Waals surface area contributed by atoms with Crippen LogP contribution in [0.2, 0.25) is 0 Å². The van der Waals surface area contributed by atoms with E-state index in [4.69, 9.17) is 0 Å². The Hall–Kier alpha value is -0.640. The van der Waals surface area contributed by atoms with Gasteiger partial charge in [-0.2, -0.15) is 0 Å². The molecule has 1 heterocycles. The standard InChI is InChI=1S/C18H27BrN2/c1-14-7-9-21(10-8-14)13-16-6-5-15(11-17(16)19)12-20-18(2,3)4/h5-7,11,20H,8-10,12-13H2,1-4H3. The smallest absolute Gasteiger partial charge is 0.0248 e. The molecule has 21 heavy (non-hydrogen) atoms. The minimum Gasteiger partial charge on any atom is -0.308 e. The number of hydrogen-bond acceptors (Lipinski definition) is 2. The molecule has 1 aliphatic heterocycles. The van der Waals surface area contributed by atoms with Crippen LogP contribution in [-0.2, 0) is 13.1 Å². The predicted molar refractivity (Wildman–Crippen MR) is 94.4 cm³/mol. The zero-order chi connectivity index (χ0) is 15.5. The molecule has 0 spiro atoms. The first-order valence-electron chi connectivity index (χ1n) is 7.74. The molecule has 0 aliphatic carbocycles. The molecule has 0 unspecified atom stereocenters. The SMILES string of the molecule is CC1=CCN(Cc2ccc(CNC(C)(C)C)cc2Br)CC1. The normalized spacial score (nSPS) is 16.9. The minimum atomic E-state index is 0.156. The van der Waals surface area contributed by atoms with Crippen LogP contribution in [0.3, 0.4) is 0 Å². The molecule has 0 bridgehead atoms. The lowest BCUT2D eigenvalue weighted by Gasteiger charge is -2.26. The highest BCUT2D eigenvalue weighted by Crippen LogP contribution is 2.22. The molecule has 0 amide bonds. The van der Waals surface area contributed by atoms with Gasteiger partial charge in [-0.3, -0.25) is 4.90 Å². The Kier molecular flexibility index (Phi) is 5.64. The zero-order valence-electron chi connectivity index (χ0n) is 13.7. The quantitative estimate of drug-likeness (QED) is 0.804. The van der Waals surface area contributed by atoms with Crippen LogP contribution in [0, 0.1) is 0 Å². The maximum Gasteiger partial charge on any atom is 0.0248 e. The summed E-state index contributed by atoms with van der Waals surface area (Å²) in [4.78, 5) is 2.50. The van der Waals surface area contributed by atoms with Crippen molar-refractivity contribution in [2.24, 2.45) is 0 Å². The summed E-state index contributed by atoms with van der Waals surface area (Å²) in [6, 6.07) is 6.75. The Morgan fingerprint density at radius 2 is 2.05 bits per heavy atom. The fourth-order valence-electron chi connectivity index (χ4n) is 2.39. The van der Waals surface area contributed by atoms with E-state index in [0.717, 1.165) is 19.6 Å². The average Bonchev–Trinajstić information content (AvgIpc) is 2.41. The molecule has 0 saturated heterocycles. The highest BCUT2D eigenvalue weighted by molar-refractivity contribution is 9.10. The number of benzene rings is 1. The number of nitrogens with zero attached hydrogens (tertiary/aromatic N) is 1. The Balaban J connectivity index is 1.96. The molecule has 0 fully saturated rings. The van der Waals surface area contributed by atoms with Gasteiger partial charge in [0.2, 0.25) is 0 Å². The summed E-state index contributed by atoms with van der Waals surface area (Å²) in [7, 11) is 0. The van der Waals surface area contributed by atoms with Crippen LogP contribution in [0.1, 0.15) is 45.2 Å². The van der Waals surface area contributed by atoms with Gasteiger partial charge >= 0.3 is 0 Å². The molecule has 0 aromatic heterocycles. The topological polar surface area (TPSA) is 15.3 Å². The molecule has 1 aromatic carbocycles. The summed E-state index contributed by atoms with van der Waals surface area (Å²) in [5.41, 5.74) is 4.38. The van der Waals surface area contributed by atoms with Gasteiger partial charge in [0.25, 0.3) is 0 Å². The lowest BCUT2D eigenvalue weighted by atomic mass is 10.1. The van der Waals surface area contributed by atoms with Crippen LogP contribution in [0.15, 0.2) is 34.3 Å². The van der Waals surface area contributed by atoms with Crippen molar-refractivity contribution in [1.29, 1.82) is 0 Å². The Bertz CT molecular complexity index is 514. The van der Waals surface area contributed by atoms with Gasteiger partial charge in [-0.1, -0.05) is 39.7 Å². The fraction of sp³-hybridized carbons (Fsp3) is 0.556. The molecule has 3 heteroatoms. The molecule has 2 rings (SSSR count). The molecule has 0 radical (unpaired) electrons. The van der Waals surface area contributed by atoms with Crippen molar-refractivity contribution in [1.82, 2.24) is 10.2 Å². The summed E-state index contributed by atoms with van der Waals surface area (Å²) in [5, 5.41) is 3.53. The third-order valence-corrected chi connectivity index (χ3v) is 4.59. The highest BCUT2D eigenvalue weighted by Gasteiger charge is 2.12. The minimum absolute atomic E-state index is 0.156. The van der Waals surface area contributed by atoms with Crippen molar-refractivity contribution in [3.63, 3.8) is 0 Å². The van der Waals surface area contributed by atoms with Crippen molar-refractivity contribution in [3.8, 4) is 0 Å². The maximum absolute atomic E-state index is 3.74. The van der Waals surface area contributed by atoms with E-state index in [-0.39, 0.29) is 5.54 Å². The lowest BCUT2D eigenvalue weighted by Crippen LogP contribution is -2.35. The third-order valence-electron chi connectivity index (χ3n) is 3.85. The van der Waals surface area contributed by atoms with E-state index in [1.807, 2.05) is 0 Å². The lowest BCUT2D eigenvalue weighted by molar-refractivity contribution is 0.285. The second-order valence-electron chi connectivity index (χ2n) is 7.06.